The maximum absolute atomic E-state index is 12.5. The van der Waals surface area contributed by atoms with Gasteiger partial charge in [-0.2, -0.15) is 0 Å². The monoisotopic (exact) mass is 311 g/mol. The summed E-state index contributed by atoms with van der Waals surface area (Å²) in [4.78, 5) is 2.58. The molecule has 5 nitrogen and oxygen atoms in total. The van der Waals surface area contributed by atoms with Crippen molar-refractivity contribution in [2.45, 2.75) is 43.5 Å². The minimum Gasteiger partial charge on any atom is -0.367 e. The Labute approximate surface area is 127 Å². The van der Waals surface area contributed by atoms with Gasteiger partial charge in [-0.3, -0.25) is 0 Å². The van der Waals surface area contributed by atoms with E-state index in [1.54, 1.807) is 12.1 Å². The first kappa shape index (κ1) is 16.3. The molecule has 2 rings (SSSR count). The number of rotatable bonds is 9. The van der Waals surface area contributed by atoms with Crippen molar-refractivity contribution in [2.75, 3.05) is 24.5 Å². The molecule has 21 heavy (non-hydrogen) atoms. The van der Waals surface area contributed by atoms with Crippen molar-refractivity contribution in [2.24, 2.45) is 5.73 Å². The van der Waals surface area contributed by atoms with Crippen LogP contribution in [0.25, 0.3) is 0 Å². The van der Waals surface area contributed by atoms with Crippen LogP contribution >= 0.6 is 0 Å². The van der Waals surface area contributed by atoms with Crippen molar-refractivity contribution in [1.29, 1.82) is 0 Å². The fourth-order valence-corrected chi connectivity index (χ4v) is 3.73. The zero-order chi connectivity index (χ0) is 15.3. The lowest BCUT2D eigenvalue weighted by Crippen LogP contribution is -2.32. The minimum absolute atomic E-state index is 0.377. The molecule has 1 aromatic carbocycles. The lowest BCUT2D eigenvalue weighted by atomic mass is 10.2. The van der Waals surface area contributed by atoms with Gasteiger partial charge in [-0.25, -0.2) is 13.1 Å². The Hall–Kier alpha value is -1.11. The SMILES string of the molecule is CCCNS(=O)(=O)c1ccccc1N(CCCN)C1CC1. The van der Waals surface area contributed by atoms with E-state index in [9.17, 15) is 8.42 Å². The molecule has 0 radical (unpaired) electrons. The number of nitrogens with zero attached hydrogens (tertiary/aromatic N) is 1. The lowest BCUT2D eigenvalue weighted by molar-refractivity contribution is 0.580. The number of hydrogen-bond donors (Lipinski definition) is 2. The first-order valence-corrected chi connectivity index (χ1v) is 9.14. The topological polar surface area (TPSA) is 75.4 Å². The van der Waals surface area contributed by atoms with Gasteiger partial charge in [0, 0.05) is 19.1 Å². The molecule has 118 valence electrons. The van der Waals surface area contributed by atoms with E-state index in [0.717, 1.165) is 37.9 Å². The molecule has 0 amide bonds. The highest BCUT2D eigenvalue weighted by molar-refractivity contribution is 7.89. The average molecular weight is 311 g/mol. The van der Waals surface area contributed by atoms with E-state index in [0.29, 0.717) is 24.0 Å². The standard InChI is InChI=1S/C15H25N3O2S/c1-2-11-17-21(19,20)15-7-4-3-6-14(15)18(12-5-10-16)13-8-9-13/h3-4,6-7,13,17H,2,5,8-12,16H2,1H3. The first-order valence-electron chi connectivity index (χ1n) is 7.65. The number of nitrogens with one attached hydrogen (secondary N) is 1. The van der Waals surface area contributed by atoms with Crippen LogP contribution in [0.2, 0.25) is 0 Å². The second-order valence-corrected chi connectivity index (χ2v) is 7.17. The number of para-hydroxylation sites is 1. The molecule has 1 fully saturated rings. The Morgan fingerprint density at radius 3 is 2.67 bits per heavy atom. The molecule has 1 aromatic rings. The molecule has 0 bridgehead atoms. The van der Waals surface area contributed by atoms with Crippen LogP contribution in [0.3, 0.4) is 0 Å². The summed E-state index contributed by atoms with van der Waals surface area (Å²) in [6.07, 6.45) is 3.90. The molecule has 0 aliphatic heterocycles. The molecule has 1 aliphatic carbocycles. The normalized spacial score (nSPS) is 15.1. The predicted octanol–water partition coefficient (Wildman–Crippen LogP) is 1.69. The number of hydrogen-bond acceptors (Lipinski definition) is 4. The fraction of sp³-hybridized carbons (Fsp3) is 0.600. The van der Waals surface area contributed by atoms with Crippen molar-refractivity contribution in [3.8, 4) is 0 Å². The number of anilines is 1. The van der Waals surface area contributed by atoms with E-state index >= 15 is 0 Å². The summed E-state index contributed by atoms with van der Waals surface area (Å²) in [5.74, 6) is 0. The van der Waals surface area contributed by atoms with Crippen molar-refractivity contribution >= 4 is 15.7 Å². The third-order valence-corrected chi connectivity index (χ3v) is 5.11. The van der Waals surface area contributed by atoms with Crippen LogP contribution in [0.5, 0.6) is 0 Å². The summed E-state index contributed by atoms with van der Waals surface area (Å²) in [5.41, 5.74) is 6.41. The maximum atomic E-state index is 12.5. The van der Waals surface area contributed by atoms with Gasteiger partial charge in [-0.1, -0.05) is 19.1 Å². The Bertz CT molecular complexity index is 556. The smallest absolute Gasteiger partial charge is 0.242 e. The Morgan fingerprint density at radius 2 is 2.05 bits per heavy atom. The second kappa shape index (κ2) is 7.24. The van der Waals surface area contributed by atoms with Crippen LogP contribution in [0.15, 0.2) is 29.2 Å². The molecule has 0 spiro atoms. The number of benzene rings is 1. The summed E-state index contributed by atoms with van der Waals surface area (Å²) in [6.45, 7) is 3.84. The van der Waals surface area contributed by atoms with Crippen LogP contribution in [0.4, 0.5) is 5.69 Å². The molecule has 1 aliphatic rings. The molecular weight excluding hydrogens is 286 g/mol. The molecule has 6 heteroatoms. The molecule has 0 saturated heterocycles. The minimum atomic E-state index is -3.45. The Kier molecular flexibility index (Phi) is 5.61. The van der Waals surface area contributed by atoms with Gasteiger partial charge in [0.2, 0.25) is 10.0 Å². The summed E-state index contributed by atoms with van der Waals surface area (Å²) in [7, 11) is -3.45. The first-order chi connectivity index (χ1) is 10.1. The quantitative estimate of drug-likeness (QED) is 0.728. The van der Waals surface area contributed by atoms with E-state index in [-0.39, 0.29) is 0 Å². The van der Waals surface area contributed by atoms with Crippen LogP contribution in [0.1, 0.15) is 32.6 Å². The van der Waals surface area contributed by atoms with Crippen LogP contribution < -0.4 is 15.4 Å². The van der Waals surface area contributed by atoms with E-state index in [4.69, 9.17) is 5.73 Å². The summed E-state index contributed by atoms with van der Waals surface area (Å²) < 4.78 is 27.6. The molecule has 0 aromatic heterocycles. The largest absolute Gasteiger partial charge is 0.367 e. The molecule has 0 atom stereocenters. The lowest BCUT2D eigenvalue weighted by Gasteiger charge is -2.26. The van der Waals surface area contributed by atoms with E-state index < -0.39 is 10.0 Å². The van der Waals surface area contributed by atoms with Gasteiger partial charge in [0.1, 0.15) is 4.90 Å². The van der Waals surface area contributed by atoms with E-state index in [1.807, 2.05) is 19.1 Å². The molecular formula is C15H25N3O2S. The van der Waals surface area contributed by atoms with Crippen molar-refractivity contribution in [3.63, 3.8) is 0 Å². The van der Waals surface area contributed by atoms with E-state index in [1.165, 1.54) is 0 Å². The van der Waals surface area contributed by atoms with Crippen LogP contribution in [-0.4, -0.2) is 34.1 Å². The Balaban J connectivity index is 2.30. The predicted molar refractivity (Wildman–Crippen MR) is 86.0 cm³/mol. The van der Waals surface area contributed by atoms with Crippen molar-refractivity contribution < 1.29 is 8.42 Å². The third-order valence-electron chi connectivity index (χ3n) is 3.60. The molecule has 3 N–H and O–H groups in total. The molecule has 0 unspecified atom stereocenters. The molecule has 0 heterocycles. The maximum Gasteiger partial charge on any atom is 0.242 e. The van der Waals surface area contributed by atoms with Gasteiger partial charge in [-0.05, 0) is 44.4 Å². The highest BCUT2D eigenvalue weighted by atomic mass is 32.2. The average Bonchev–Trinajstić information content (AvgIpc) is 3.31. The fourth-order valence-electron chi connectivity index (χ4n) is 2.38. The zero-order valence-corrected chi connectivity index (χ0v) is 13.4. The van der Waals surface area contributed by atoms with Gasteiger partial charge in [0.05, 0.1) is 5.69 Å². The Morgan fingerprint density at radius 1 is 1.33 bits per heavy atom. The van der Waals surface area contributed by atoms with Gasteiger partial charge >= 0.3 is 0 Å². The highest BCUT2D eigenvalue weighted by Gasteiger charge is 2.32. The van der Waals surface area contributed by atoms with Crippen LogP contribution in [-0.2, 0) is 10.0 Å². The van der Waals surface area contributed by atoms with Gasteiger partial charge in [0.25, 0.3) is 0 Å². The summed E-state index contributed by atoms with van der Waals surface area (Å²) in [6, 6.07) is 7.71. The summed E-state index contributed by atoms with van der Waals surface area (Å²) in [5, 5.41) is 0. The van der Waals surface area contributed by atoms with Crippen LogP contribution in [0, 0.1) is 0 Å². The van der Waals surface area contributed by atoms with Gasteiger partial charge in [0.15, 0.2) is 0 Å². The highest BCUT2D eigenvalue weighted by Crippen LogP contribution is 2.35. The van der Waals surface area contributed by atoms with Crippen molar-refractivity contribution in [1.82, 2.24) is 4.72 Å². The van der Waals surface area contributed by atoms with Gasteiger partial charge in [-0.15, -0.1) is 0 Å². The van der Waals surface area contributed by atoms with Crippen molar-refractivity contribution in [3.05, 3.63) is 24.3 Å². The summed E-state index contributed by atoms with van der Waals surface area (Å²) >= 11 is 0. The van der Waals surface area contributed by atoms with E-state index in [2.05, 4.69) is 9.62 Å². The van der Waals surface area contributed by atoms with Gasteiger partial charge < -0.3 is 10.6 Å². The second-order valence-electron chi connectivity index (χ2n) is 5.43. The molecule has 1 saturated carbocycles. The number of sulfonamides is 1. The third kappa shape index (κ3) is 4.18. The number of nitrogens with two attached hydrogens (primary N) is 1. The zero-order valence-electron chi connectivity index (χ0n) is 12.6.